The lowest BCUT2D eigenvalue weighted by atomic mass is 10.3. The van der Waals surface area contributed by atoms with Gasteiger partial charge in [0.15, 0.2) is 11.5 Å². The van der Waals surface area contributed by atoms with Crippen LogP contribution in [0.2, 0.25) is 0 Å². The Morgan fingerprint density at radius 3 is 2.50 bits per heavy atom. The van der Waals surface area contributed by atoms with Crippen molar-refractivity contribution >= 4 is 17.2 Å². The maximum absolute atomic E-state index is 8.83. The number of nitrogens with one attached hydrogen (secondary N) is 1. The van der Waals surface area contributed by atoms with Gasteiger partial charge in [0.05, 0.1) is 0 Å². The summed E-state index contributed by atoms with van der Waals surface area (Å²) < 4.78 is 0. The van der Waals surface area contributed by atoms with Crippen LogP contribution in [-0.4, -0.2) is 9.97 Å². The first-order chi connectivity index (χ1) is 7.79. The number of nitrogens with zero attached hydrogens (tertiary/aromatic N) is 3. The molecular weight excluding hydrogens is 202 g/mol. The number of aromatic nitrogens is 2. The molecule has 5 nitrogen and oxygen atoms in total. The highest BCUT2D eigenvalue weighted by molar-refractivity contribution is 5.62. The SMILES string of the molecule is N#Cc1nccnc1Nc1ccc(N)cc1. The Bertz CT molecular complexity index is 527. The Morgan fingerprint density at radius 2 is 1.81 bits per heavy atom. The van der Waals surface area contributed by atoms with Crippen molar-refractivity contribution < 1.29 is 0 Å². The molecule has 3 N–H and O–H groups in total. The third-order valence-electron chi connectivity index (χ3n) is 1.98. The lowest BCUT2D eigenvalue weighted by molar-refractivity contribution is 1.16. The third-order valence-corrected chi connectivity index (χ3v) is 1.98. The fourth-order valence-electron chi connectivity index (χ4n) is 1.21. The van der Waals surface area contributed by atoms with Crippen LogP contribution in [0.1, 0.15) is 5.69 Å². The zero-order valence-corrected chi connectivity index (χ0v) is 8.38. The molecule has 0 spiro atoms. The highest BCUT2D eigenvalue weighted by Gasteiger charge is 2.03. The first-order valence-corrected chi connectivity index (χ1v) is 4.63. The summed E-state index contributed by atoms with van der Waals surface area (Å²) in [6.07, 6.45) is 3.01. The van der Waals surface area contributed by atoms with Crippen molar-refractivity contribution in [2.75, 3.05) is 11.1 Å². The molecule has 0 fully saturated rings. The fourth-order valence-corrected chi connectivity index (χ4v) is 1.21. The van der Waals surface area contributed by atoms with Gasteiger partial charge in [0.2, 0.25) is 0 Å². The first kappa shape index (κ1) is 9.93. The maximum atomic E-state index is 8.83. The van der Waals surface area contributed by atoms with Crippen LogP contribution < -0.4 is 11.1 Å². The Labute approximate surface area is 92.6 Å². The molecular formula is C11H9N5. The van der Waals surface area contributed by atoms with Crippen LogP contribution >= 0.6 is 0 Å². The van der Waals surface area contributed by atoms with Crippen LogP contribution in [0, 0.1) is 11.3 Å². The van der Waals surface area contributed by atoms with E-state index in [1.807, 2.05) is 18.2 Å². The van der Waals surface area contributed by atoms with Gasteiger partial charge in [-0.1, -0.05) is 0 Å². The molecule has 0 saturated carbocycles. The molecule has 0 bridgehead atoms. The molecule has 2 aromatic rings. The van der Waals surface area contributed by atoms with Gasteiger partial charge >= 0.3 is 0 Å². The monoisotopic (exact) mass is 211 g/mol. The second-order valence-electron chi connectivity index (χ2n) is 3.11. The van der Waals surface area contributed by atoms with Gasteiger partial charge in [0.1, 0.15) is 6.07 Å². The maximum Gasteiger partial charge on any atom is 0.183 e. The standard InChI is InChI=1S/C11H9N5/c12-7-10-11(15-6-5-14-10)16-9-3-1-8(13)2-4-9/h1-6H,13H2,(H,15,16). The van der Waals surface area contributed by atoms with Crippen molar-refractivity contribution in [3.63, 3.8) is 0 Å². The molecule has 0 radical (unpaired) electrons. The topological polar surface area (TPSA) is 87.6 Å². The summed E-state index contributed by atoms with van der Waals surface area (Å²) in [5.41, 5.74) is 7.33. The van der Waals surface area contributed by atoms with E-state index in [9.17, 15) is 0 Å². The minimum absolute atomic E-state index is 0.263. The van der Waals surface area contributed by atoms with Gasteiger partial charge in [0, 0.05) is 23.8 Å². The minimum Gasteiger partial charge on any atom is -0.399 e. The number of anilines is 3. The van der Waals surface area contributed by atoms with Crippen molar-refractivity contribution in [2.24, 2.45) is 0 Å². The van der Waals surface area contributed by atoms with Crippen LogP contribution in [0.4, 0.5) is 17.2 Å². The average Bonchev–Trinajstić information content (AvgIpc) is 2.33. The number of nitrogen functional groups attached to an aromatic ring is 1. The van der Waals surface area contributed by atoms with Crippen molar-refractivity contribution in [3.8, 4) is 6.07 Å². The molecule has 78 valence electrons. The summed E-state index contributed by atoms with van der Waals surface area (Å²) in [6, 6.07) is 9.12. The molecule has 0 saturated heterocycles. The van der Waals surface area contributed by atoms with Crippen molar-refractivity contribution in [2.45, 2.75) is 0 Å². The normalized spacial score (nSPS) is 9.44. The van der Waals surface area contributed by atoms with E-state index in [0.29, 0.717) is 11.5 Å². The molecule has 1 aromatic carbocycles. The zero-order chi connectivity index (χ0) is 11.4. The van der Waals surface area contributed by atoms with E-state index in [0.717, 1.165) is 5.69 Å². The van der Waals surface area contributed by atoms with Gasteiger partial charge in [-0.2, -0.15) is 5.26 Å². The quantitative estimate of drug-likeness (QED) is 0.738. The zero-order valence-electron chi connectivity index (χ0n) is 8.38. The Hall–Kier alpha value is -2.61. The minimum atomic E-state index is 0.263. The van der Waals surface area contributed by atoms with Gasteiger partial charge in [-0.3, -0.25) is 0 Å². The summed E-state index contributed by atoms with van der Waals surface area (Å²) in [5.74, 6) is 0.440. The van der Waals surface area contributed by atoms with Crippen LogP contribution in [0.3, 0.4) is 0 Å². The Morgan fingerprint density at radius 1 is 1.12 bits per heavy atom. The van der Waals surface area contributed by atoms with E-state index in [1.165, 1.54) is 12.4 Å². The predicted octanol–water partition coefficient (Wildman–Crippen LogP) is 1.67. The van der Waals surface area contributed by atoms with Gasteiger partial charge in [-0.15, -0.1) is 0 Å². The van der Waals surface area contributed by atoms with Gasteiger partial charge in [0.25, 0.3) is 0 Å². The Balaban J connectivity index is 2.27. The molecule has 2 rings (SSSR count). The molecule has 0 aliphatic rings. The lowest BCUT2D eigenvalue weighted by Crippen LogP contribution is -1.98. The summed E-state index contributed by atoms with van der Waals surface area (Å²) in [6.45, 7) is 0. The third kappa shape index (κ3) is 2.07. The van der Waals surface area contributed by atoms with E-state index in [1.54, 1.807) is 12.1 Å². The highest BCUT2D eigenvalue weighted by atomic mass is 15.0. The molecule has 1 heterocycles. The lowest BCUT2D eigenvalue weighted by Gasteiger charge is -2.05. The molecule has 0 amide bonds. The number of benzene rings is 1. The Kier molecular flexibility index (Phi) is 2.65. The van der Waals surface area contributed by atoms with Crippen LogP contribution in [0.5, 0.6) is 0 Å². The average molecular weight is 211 g/mol. The molecule has 0 unspecified atom stereocenters. The van der Waals surface area contributed by atoms with E-state index < -0.39 is 0 Å². The van der Waals surface area contributed by atoms with Gasteiger partial charge in [-0.25, -0.2) is 9.97 Å². The number of nitrogens with two attached hydrogens (primary N) is 1. The molecule has 0 atom stereocenters. The van der Waals surface area contributed by atoms with Crippen molar-refractivity contribution in [3.05, 3.63) is 42.4 Å². The van der Waals surface area contributed by atoms with Crippen molar-refractivity contribution in [1.82, 2.24) is 9.97 Å². The summed E-state index contributed by atoms with van der Waals surface area (Å²) in [5, 5.41) is 11.8. The molecule has 5 heteroatoms. The highest BCUT2D eigenvalue weighted by Crippen LogP contribution is 2.17. The van der Waals surface area contributed by atoms with E-state index >= 15 is 0 Å². The van der Waals surface area contributed by atoms with E-state index in [2.05, 4.69) is 15.3 Å². The van der Waals surface area contributed by atoms with Crippen LogP contribution in [0.15, 0.2) is 36.7 Å². The van der Waals surface area contributed by atoms with Gasteiger partial charge < -0.3 is 11.1 Å². The van der Waals surface area contributed by atoms with Crippen LogP contribution in [0.25, 0.3) is 0 Å². The van der Waals surface area contributed by atoms with Gasteiger partial charge in [-0.05, 0) is 24.3 Å². The van der Waals surface area contributed by atoms with Crippen molar-refractivity contribution in [1.29, 1.82) is 5.26 Å². The predicted molar refractivity (Wildman–Crippen MR) is 60.9 cm³/mol. The summed E-state index contributed by atoms with van der Waals surface area (Å²) in [4.78, 5) is 7.94. The summed E-state index contributed by atoms with van der Waals surface area (Å²) in [7, 11) is 0. The first-order valence-electron chi connectivity index (χ1n) is 4.63. The second kappa shape index (κ2) is 4.28. The number of hydrogen-bond acceptors (Lipinski definition) is 5. The molecule has 0 aliphatic heterocycles. The number of nitriles is 1. The largest absolute Gasteiger partial charge is 0.399 e. The summed E-state index contributed by atoms with van der Waals surface area (Å²) >= 11 is 0. The molecule has 0 aliphatic carbocycles. The number of rotatable bonds is 2. The van der Waals surface area contributed by atoms with E-state index in [4.69, 9.17) is 11.0 Å². The van der Waals surface area contributed by atoms with E-state index in [-0.39, 0.29) is 5.69 Å². The van der Waals surface area contributed by atoms with Crippen LogP contribution in [-0.2, 0) is 0 Å². The molecule has 1 aromatic heterocycles. The fraction of sp³-hybridized carbons (Fsp3) is 0. The second-order valence-corrected chi connectivity index (χ2v) is 3.11. The smallest absolute Gasteiger partial charge is 0.183 e. The molecule has 16 heavy (non-hydrogen) atoms. The number of hydrogen-bond donors (Lipinski definition) is 2.